The Bertz CT molecular complexity index is 1230. The van der Waals surface area contributed by atoms with E-state index in [0.717, 1.165) is 11.3 Å². The number of dihydropyridines is 1. The van der Waals surface area contributed by atoms with E-state index in [0.29, 0.717) is 46.9 Å². The normalized spacial score (nSPS) is 19.3. The second kappa shape index (κ2) is 11.6. The topological polar surface area (TPSA) is 83.1 Å². The number of Topliss-reactive ketones (excluding diaryl/α,β-unsaturated/α-hetero) is 1. The van der Waals surface area contributed by atoms with Gasteiger partial charge in [-0.15, -0.1) is 0 Å². The minimum atomic E-state index is -0.657. The molecule has 0 bridgehead atoms. The summed E-state index contributed by atoms with van der Waals surface area (Å²) in [7, 11) is 3.16. The summed E-state index contributed by atoms with van der Waals surface area (Å²) >= 11 is 0. The van der Waals surface area contributed by atoms with Gasteiger partial charge in [0.15, 0.2) is 17.3 Å². The van der Waals surface area contributed by atoms with E-state index in [9.17, 15) is 14.0 Å². The number of ketones is 1. The molecule has 2 aromatic carbocycles. The van der Waals surface area contributed by atoms with Crippen LogP contribution in [0.4, 0.5) is 4.39 Å². The molecule has 0 saturated heterocycles. The molecule has 2 aliphatic rings. The van der Waals surface area contributed by atoms with E-state index < -0.39 is 17.7 Å². The first-order valence-electron chi connectivity index (χ1n) is 12.3. The zero-order valence-electron chi connectivity index (χ0n) is 21.6. The molecule has 0 unspecified atom stereocenters. The third kappa shape index (κ3) is 5.54. The first kappa shape index (κ1) is 26.4. The second-order valence-electron chi connectivity index (χ2n) is 9.02. The third-order valence-corrected chi connectivity index (χ3v) is 6.79. The number of benzene rings is 2. The fraction of sp³-hybridized carbons (Fsp3) is 0.379. The number of ether oxygens (including phenoxy) is 4. The molecule has 7 nitrogen and oxygen atoms in total. The van der Waals surface area contributed by atoms with Gasteiger partial charge in [0.25, 0.3) is 0 Å². The predicted molar refractivity (Wildman–Crippen MR) is 136 cm³/mol. The van der Waals surface area contributed by atoms with E-state index in [-0.39, 0.29) is 31.3 Å². The molecule has 0 aromatic heterocycles. The van der Waals surface area contributed by atoms with Crippen LogP contribution in [-0.4, -0.2) is 45.8 Å². The van der Waals surface area contributed by atoms with Crippen LogP contribution in [0.25, 0.3) is 0 Å². The highest BCUT2D eigenvalue weighted by molar-refractivity contribution is 6.04. The second-order valence-corrected chi connectivity index (χ2v) is 9.02. The van der Waals surface area contributed by atoms with Gasteiger partial charge in [-0.05, 0) is 61.6 Å². The van der Waals surface area contributed by atoms with Crippen molar-refractivity contribution in [1.29, 1.82) is 0 Å². The van der Waals surface area contributed by atoms with Crippen LogP contribution < -0.4 is 14.8 Å². The Morgan fingerprint density at radius 3 is 2.38 bits per heavy atom. The van der Waals surface area contributed by atoms with Crippen LogP contribution in [0.1, 0.15) is 49.7 Å². The monoisotopic (exact) mass is 509 g/mol. The van der Waals surface area contributed by atoms with Crippen LogP contribution in [-0.2, 0) is 19.1 Å². The number of methoxy groups -OCH3 is 2. The molecular formula is C29H32FNO6. The van der Waals surface area contributed by atoms with Crippen molar-refractivity contribution in [2.45, 2.75) is 38.5 Å². The molecule has 1 aliphatic carbocycles. The molecule has 196 valence electrons. The number of rotatable bonds is 9. The fourth-order valence-electron chi connectivity index (χ4n) is 5.06. The maximum absolute atomic E-state index is 13.8. The Morgan fingerprint density at radius 1 is 1.00 bits per heavy atom. The number of hydrogen-bond acceptors (Lipinski definition) is 7. The van der Waals surface area contributed by atoms with Gasteiger partial charge in [-0.2, -0.15) is 0 Å². The molecule has 2 atom stereocenters. The van der Waals surface area contributed by atoms with Gasteiger partial charge in [0.05, 0.1) is 26.4 Å². The maximum atomic E-state index is 13.8. The summed E-state index contributed by atoms with van der Waals surface area (Å²) in [5, 5.41) is 3.32. The SMILES string of the molecule is CCOCCOC(=O)C1=C(C)NC2=C(C(=O)C[C@H](c3ccc(OC)c(OC)c3)C2)[C@@H]1c1ccc(F)cc1. The summed E-state index contributed by atoms with van der Waals surface area (Å²) in [5.74, 6) is -0.518. The average molecular weight is 510 g/mol. The minimum Gasteiger partial charge on any atom is -0.493 e. The van der Waals surface area contributed by atoms with E-state index >= 15 is 0 Å². The maximum Gasteiger partial charge on any atom is 0.336 e. The van der Waals surface area contributed by atoms with Gasteiger partial charge in [0, 0.05) is 35.9 Å². The first-order chi connectivity index (χ1) is 17.9. The van der Waals surface area contributed by atoms with Gasteiger partial charge in [0.1, 0.15) is 12.4 Å². The van der Waals surface area contributed by atoms with Crippen LogP contribution in [0.2, 0.25) is 0 Å². The van der Waals surface area contributed by atoms with Crippen LogP contribution >= 0.6 is 0 Å². The summed E-state index contributed by atoms with van der Waals surface area (Å²) < 4.78 is 35.3. The molecule has 1 heterocycles. The van der Waals surface area contributed by atoms with E-state index in [1.54, 1.807) is 33.3 Å². The average Bonchev–Trinajstić information content (AvgIpc) is 2.90. The van der Waals surface area contributed by atoms with E-state index in [1.165, 1.54) is 12.1 Å². The van der Waals surface area contributed by atoms with Crippen molar-refractivity contribution < 1.29 is 32.9 Å². The molecule has 8 heteroatoms. The predicted octanol–water partition coefficient (Wildman–Crippen LogP) is 4.78. The lowest BCUT2D eigenvalue weighted by molar-refractivity contribution is -0.140. The largest absolute Gasteiger partial charge is 0.493 e. The lowest BCUT2D eigenvalue weighted by Gasteiger charge is -2.36. The Hall–Kier alpha value is -3.65. The number of allylic oxidation sites excluding steroid dienone is 3. The lowest BCUT2D eigenvalue weighted by Crippen LogP contribution is -2.36. The Morgan fingerprint density at radius 2 is 1.70 bits per heavy atom. The molecular weight excluding hydrogens is 477 g/mol. The zero-order chi connectivity index (χ0) is 26.5. The van der Waals surface area contributed by atoms with E-state index in [4.69, 9.17) is 18.9 Å². The highest BCUT2D eigenvalue weighted by atomic mass is 19.1. The van der Waals surface area contributed by atoms with Crippen molar-refractivity contribution in [3.63, 3.8) is 0 Å². The van der Waals surface area contributed by atoms with Crippen molar-refractivity contribution in [2.75, 3.05) is 34.0 Å². The van der Waals surface area contributed by atoms with Crippen LogP contribution in [0.5, 0.6) is 11.5 Å². The van der Waals surface area contributed by atoms with Crippen molar-refractivity contribution >= 4 is 11.8 Å². The van der Waals surface area contributed by atoms with Crippen molar-refractivity contribution in [3.05, 3.63) is 81.9 Å². The number of nitrogens with one attached hydrogen (secondary N) is 1. The van der Waals surface area contributed by atoms with Gasteiger partial charge in [-0.1, -0.05) is 18.2 Å². The smallest absolute Gasteiger partial charge is 0.336 e. The number of hydrogen-bond donors (Lipinski definition) is 1. The zero-order valence-corrected chi connectivity index (χ0v) is 21.6. The third-order valence-electron chi connectivity index (χ3n) is 6.79. The van der Waals surface area contributed by atoms with Gasteiger partial charge < -0.3 is 24.3 Å². The van der Waals surface area contributed by atoms with Gasteiger partial charge in [-0.3, -0.25) is 4.79 Å². The van der Waals surface area contributed by atoms with Crippen LogP contribution in [0, 0.1) is 5.82 Å². The molecule has 37 heavy (non-hydrogen) atoms. The molecule has 0 amide bonds. The quantitative estimate of drug-likeness (QED) is 0.385. The van der Waals surface area contributed by atoms with Crippen molar-refractivity contribution in [2.24, 2.45) is 0 Å². The minimum absolute atomic E-state index is 0.0741. The molecule has 4 rings (SSSR count). The van der Waals surface area contributed by atoms with Crippen molar-refractivity contribution in [3.8, 4) is 11.5 Å². The summed E-state index contributed by atoms with van der Waals surface area (Å²) in [4.78, 5) is 26.9. The van der Waals surface area contributed by atoms with E-state index in [2.05, 4.69) is 5.32 Å². The lowest BCUT2D eigenvalue weighted by atomic mass is 9.71. The van der Waals surface area contributed by atoms with Crippen LogP contribution in [0.3, 0.4) is 0 Å². The number of carbonyl (C=O) groups excluding carboxylic acids is 2. The van der Waals surface area contributed by atoms with Gasteiger partial charge >= 0.3 is 5.97 Å². The first-order valence-corrected chi connectivity index (χ1v) is 12.3. The number of esters is 1. The molecule has 1 N–H and O–H groups in total. The molecule has 0 radical (unpaired) electrons. The van der Waals surface area contributed by atoms with Crippen molar-refractivity contribution in [1.82, 2.24) is 5.32 Å². The Kier molecular flexibility index (Phi) is 8.28. The number of carbonyl (C=O) groups is 2. The Balaban J connectivity index is 1.70. The molecule has 1 aliphatic heterocycles. The Labute approximate surface area is 216 Å². The highest BCUT2D eigenvalue weighted by Gasteiger charge is 2.41. The summed E-state index contributed by atoms with van der Waals surface area (Å²) in [6, 6.07) is 11.6. The summed E-state index contributed by atoms with van der Waals surface area (Å²) in [6.07, 6.45) is 0.831. The molecule has 0 spiro atoms. The number of halogens is 1. The van der Waals surface area contributed by atoms with Gasteiger partial charge in [0.2, 0.25) is 0 Å². The summed E-state index contributed by atoms with van der Waals surface area (Å²) in [6.45, 7) is 4.56. The molecule has 2 aromatic rings. The summed E-state index contributed by atoms with van der Waals surface area (Å²) in [5.41, 5.74) is 3.85. The fourth-order valence-corrected chi connectivity index (χ4v) is 5.06. The van der Waals surface area contributed by atoms with Crippen LogP contribution in [0.15, 0.2) is 65.0 Å². The standard InChI is InChI=1S/C29H32FNO6/c1-5-36-12-13-37-29(33)26-17(2)31-22-14-20(19-8-11-24(34-3)25(16-19)35-4)15-23(32)28(22)27(26)18-6-9-21(30)10-7-18/h6-11,16,20,27,31H,5,12-15H2,1-4H3/t20-,27-/m1/s1. The molecule has 0 fully saturated rings. The highest BCUT2D eigenvalue weighted by Crippen LogP contribution is 2.46. The van der Waals surface area contributed by atoms with Gasteiger partial charge in [-0.25, -0.2) is 9.18 Å². The molecule has 0 saturated carbocycles. The van der Waals surface area contributed by atoms with E-state index in [1.807, 2.05) is 25.1 Å².